The number of ether oxygens (including phenoxy) is 2. The molecule has 2 aliphatic heterocycles. The van der Waals surface area contributed by atoms with Gasteiger partial charge in [0.05, 0.1) is 4.92 Å². The van der Waals surface area contributed by atoms with E-state index in [0.29, 0.717) is 32.7 Å². The molecule has 1 saturated heterocycles. The van der Waals surface area contributed by atoms with Crippen LogP contribution in [-0.4, -0.2) is 63.4 Å². The minimum atomic E-state index is -0.553. The minimum Gasteiger partial charge on any atom is -0.454 e. The van der Waals surface area contributed by atoms with Crippen molar-refractivity contribution in [2.45, 2.75) is 20.0 Å². The van der Waals surface area contributed by atoms with E-state index in [4.69, 9.17) is 9.47 Å². The van der Waals surface area contributed by atoms with Crippen LogP contribution >= 0.6 is 0 Å². The second kappa shape index (κ2) is 7.47. The van der Waals surface area contributed by atoms with Gasteiger partial charge in [-0.25, -0.2) is 0 Å². The number of benzene rings is 1. The van der Waals surface area contributed by atoms with Gasteiger partial charge >= 0.3 is 5.69 Å². The zero-order valence-corrected chi connectivity index (χ0v) is 15.5. The van der Waals surface area contributed by atoms with Crippen molar-refractivity contribution in [3.8, 4) is 11.5 Å². The monoisotopic (exact) mass is 387 g/mol. The molecule has 0 spiro atoms. The van der Waals surface area contributed by atoms with E-state index in [1.165, 1.54) is 10.9 Å². The van der Waals surface area contributed by atoms with Gasteiger partial charge in [0.15, 0.2) is 11.5 Å². The standard InChI is InChI=1S/C18H21N5O5/c1-2-22-11-14(23(25)26)17(19-22)18(24)21-7-5-20(6-8-21)10-13-3-4-15-16(9-13)28-12-27-15/h3-4,9,11H,2,5-8,10,12H2,1H3. The fraction of sp³-hybridized carbons (Fsp3) is 0.444. The Bertz CT molecular complexity index is 904. The van der Waals surface area contributed by atoms with Crippen LogP contribution in [0.3, 0.4) is 0 Å². The molecule has 4 rings (SSSR count). The number of carbonyl (C=O) groups excluding carboxylic acids is 1. The molecule has 1 amide bonds. The number of aryl methyl sites for hydroxylation is 1. The van der Waals surface area contributed by atoms with Gasteiger partial charge in [-0.15, -0.1) is 0 Å². The van der Waals surface area contributed by atoms with Crippen LogP contribution in [0.1, 0.15) is 23.0 Å². The molecule has 0 unspecified atom stereocenters. The van der Waals surface area contributed by atoms with Crippen LogP contribution in [0, 0.1) is 10.1 Å². The van der Waals surface area contributed by atoms with Crippen LogP contribution < -0.4 is 9.47 Å². The van der Waals surface area contributed by atoms with Gasteiger partial charge < -0.3 is 14.4 Å². The average molecular weight is 387 g/mol. The normalized spacial score (nSPS) is 16.4. The Balaban J connectivity index is 1.38. The van der Waals surface area contributed by atoms with Crippen molar-refractivity contribution in [1.82, 2.24) is 19.6 Å². The third-order valence-corrected chi connectivity index (χ3v) is 4.97. The van der Waals surface area contributed by atoms with E-state index in [-0.39, 0.29) is 24.1 Å². The predicted octanol–water partition coefficient (Wildman–Crippen LogP) is 1.50. The van der Waals surface area contributed by atoms with Crippen LogP contribution in [0.5, 0.6) is 11.5 Å². The molecule has 1 aromatic heterocycles. The largest absolute Gasteiger partial charge is 0.454 e. The maximum Gasteiger partial charge on any atom is 0.320 e. The van der Waals surface area contributed by atoms with Crippen molar-refractivity contribution in [3.05, 3.63) is 45.8 Å². The van der Waals surface area contributed by atoms with E-state index < -0.39 is 4.92 Å². The zero-order valence-electron chi connectivity index (χ0n) is 15.5. The summed E-state index contributed by atoms with van der Waals surface area (Å²) in [5, 5.41) is 15.3. The number of nitrogens with zero attached hydrogens (tertiary/aromatic N) is 5. The summed E-state index contributed by atoms with van der Waals surface area (Å²) in [7, 11) is 0. The first kappa shape index (κ1) is 18.2. The zero-order chi connectivity index (χ0) is 19.7. The van der Waals surface area contributed by atoms with Crippen molar-refractivity contribution < 1.29 is 19.2 Å². The number of fused-ring (bicyclic) bond motifs is 1. The SMILES string of the molecule is CCn1cc([N+](=O)[O-])c(C(=O)N2CCN(Cc3ccc4c(c3)OCO4)CC2)n1. The van der Waals surface area contributed by atoms with Crippen molar-refractivity contribution in [2.24, 2.45) is 0 Å². The summed E-state index contributed by atoms with van der Waals surface area (Å²) < 4.78 is 12.2. The molecule has 0 aliphatic carbocycles. The number of hydrogen-bond donors (Lipinski definition) is 0. The highest BCUT2D eigenvalue weighted by Crippen LogP contribution is 2.32. The summed E-state index contributed by atoms with van der Waals surface area (Å²) in [5.41, 5.74) is 0.784. The Labute approximate surface area is 161 Å². The van der Waals surface area contributed by atoms with Gasteiger partial charge in [-0.1, -0.05) is 6.07 Å². The Morgan fingerprint density at radius 1 is 1.21 bits per heavy atom. The number of hydrogen-bond acceptors (Lipinski definition) is 7. The van der Waals surface area contributed by atoms with E-state index in [2.05, 4.69) is 10.00 Å². The molecule has 10 heteroatoms. The van der Waals surface area contributed by atoms with Crippen LogP contribution in [-0.2, 0) is 13.1 Å². The maximum atomic E-state index is 12.7. The highest BCUT2D eigenvalue weighted by atomic mass is 16.7. The summed E-state index contributed by atoms with van der Waals surface area (Å²) in [5.74, 6) is 1.12. The first-order valence-electron chi connectivity index (χ1n) is 9.17. The molecule has 28 heavy (non-hydrogen) atoms. The molecule has 1 aromatic carbocycles. The second-order valence-electron chi connectivity index (χ2n) is 6.73. The van der Waals surface area contributed by atoms with Crippen LogP contribution in [0.4, 0.5) is 5.69 Å². The van der Waals surface area contributed by atoms with E-state index in [1.54, 1.807) is 4.90 Å². The summed E-state index contributed by atoms with van der Waals surface area (Å²) >= 11 is 0. The summed E-state index contributed by atoms with van der Waals surface area (Å²) in [6, 6.07) is 5.88. The van der Waals surface area contributed by atoms with Gasteiger partial charge in [0.25, 0.3) is 5.91 Å². The van der Waals surface area contributed by atoms with E-state index >= 15 is 0 Å². The highest BCUT2D eigenvalue weighted by Gasteiger charge is 2.31. The number of nitro groups is 1. The van der Waals surface area contributed by atoms with Crippen molar-refractivity contribution in [2.75, 3.05) is 33.0 Å². The highest BCUT2D eigenvalue weighted by molar-refractivity contribution is 5.96. The Hall–Kier alpha value is -3.14. The van der Waals surface area contributed by atoms with Crippen LogP contribution in [0.2, 0.25) is 0 Å². The number of carbonyl (C=O) groups is 1. The first-order valence-corrected chi connectivity index (χ1v) is 9.17. The van der Waals surface area contributed by atoms with Crippen molar-refractivity contribution in [3.63, 3.8) is 0 Å². The Kier molecular flexibility index (Phi) is 4.86. The third-order valence-electron chi connectivity index (χ3n) is 4.97. The van der Waals surface area contributed by atoms with Gasteiger partial charge in [0, 0.05) is 39.3 Å². The molecule has 0 radical (unpaired) electrons. The molecule has 2 aliphatic rings. The van der Waals surface area contributed by atoms with Gasteiger partial charge in [0.1, 0.15) is 6.20 Å². The minimum absolute atomic E-state index is 0.0870. The smallest absolute Gasteiger partial charge is 0.320 e. The maximum absolute atomic E-state index is 12.7. The quantitative estimate of drug-likeness (QED) is 0.566. The van der Waals surface area contributed by atoms with Crippen LogP contribution in [0.25, 0.3) is 0 Å². The fourth-order valence-electron chi connectivity index (χ4n) is 3.42. The van der Waals surface area contributed by atoms with Crippen molar-refractivity contribution in [1.29, 1.82) is 0 Å². The number of rotatable bonds is 5. The molecule has 10 nitrogen and oxygen atoms in total. The van der Waals surface area contributed by atoms with E-state index in [1.807, 2.05) is 25.1 Å². The topological polar surface area (TPSA) is 103 Å². The lowest BCUT2D eigenvalue weighted by molar-refractivity contribution is -0.385. The Morgan fingerprint density at radius 2 is 1.96 bits per heavy atom. The lowest BCUT2D eigenvalue weighted by Gasteiger charge is -2.34. The molecule has 0 N–H and O–H groups in total. The number of aromatic nitrogens is 2. The molecular formula is C18H21N5O5. The lowest BCUT2D eigenvalue weighted by atomic mass is 10.1. The first-order chi connectivity index (χ1) is 13.5. The predicted molar refractivity (Wildman–Crippen MR) is 98.3 cm³/mol. The molecule has 0 atom stereocenters. The molecule has 148 valence electrons. The number of piperazine rings is 1. The number of amides is 1. The van der Waals surface area contributed by atoms with Crippen molar-refractivity contribution >= 4 is 11.6 Å². The Morgan fingerprint density at radius 3 is 2.68 bits per heavy atom. The van der Waals surface area contributed by atoms with E-state index in [9.17, 15) is 14.9 Å². The fourth-order valence-corrected chi connectivity index (χ4v) is 3.42. The third kappa shape index (κ3) is 3.50. The molecule has 0 bridgehead atoms. The average Bonchev–Trinajstić information content (AvgIpc) is 3.34. The summed E-state index contributed by atoms with van der Waals surface area (Å²) in [6.07, 6.45) is 1.31. The summed E-state index contributed by atoms with van der Waals surface area (Å²) in [6.45, 7) is 5.64. The molecule has 3 heterocycles. The summed E-state index contributed by atoms with van der Waals surface area (Å²) in [4.78, 5) is 27.3. The van der Waals surface area contributed by atoms with Gasteiger partial charge in [0.2, 0.25) is 12.5 Å². The molecule has 1 fully saturated rings. The molecular weight excluding hydrogens is 366 g/mol. The lowest BCUT2D eigenvalue weighted by Crippen LogP contribution is -2.48. The van der Waals surface area contributed by atoms with Crippen LogP contribution in [0.15, 0.2) is 24.4 Å². The van der Waals surface area contributed by atoms with Gasteiger partial charge in [-0.05, 0) is 24.6 Å². The van der Waals surface area contributed by atoms with Gasteiger partial charge in [-0.3, -0.25) is 24.5 Å². The second-order valence-corrected chi connectivity index (χ2v) is 6.73. The molecule has 2 aromatic rings. The van der Waals surface area contributed by atoms with Gasteiger partial charge in [-0.2, -0.15) is 5.10 Å². The molecule has 0 saturated carbocycles. The van der Waals surface area contributed by atoms with E-state index in [0.717, 1.165) is 23.6 Å².